The average molecular weight is 418 g/mol. The number of aromatic amines is 1. The third-order valence-corrected chi connectivity index (χ3v) is 5.68. The first-order valence-electron chi connectivity index (χ1n) is 10.4. The van der Waals surface area contributed by atoms with Gasteiger partial charge in [-0.3, -0.25) is 24.0 Å². The van der Waals surface area contributed by atoms with Gasteiger partial charge in [0.2, 0.25) is 0 Å². The lowest BCUT2D eigenvalue weighted by molar-refractivity contribution is 0.00673. The molecule has 30 heavy (non-hydrogen) atoms. The fourth-order valence-electron chi connectivity index (χ4n) is 3.82. The molecule has 3 rings (SSSR count). The van der Waals surface area contributed by atoms with E-state index in [9.17, 15) is 14.4 Å². The molecular formula is C21H31N5O4. The number of H-pyrrole nitrogens is 1. The maximum Gasteiger partial charge on any atom is 0.329 e. The monoisotopic (exact) mass is 417 g/mol. The van der Waals surface area contributed by atoms with E-state index in [0.717, 1.165) is 13.1 Å². The van der Waals surface area contributed by atoms with Crippen molar-refractivity contribution in [2.45, 2.75) is 39.7 Å². The first-order valence-corrected chi connectivity index (χ1v) is 10.4. The average Bonchev–Trinajstić information content (AvgIpc) is 2.71. The Morgan fingerprint density at radius 3 is 2.50 bits per heavy atom. The maximum absolute atomic E-state index is 13.2. The van der Waals surface area contributed by atoms with Gasteiger partial charge in [0.15, 0.2) is 0 Å². The quantitative estimate of drug-likeness (QED) is 0.721. The first-order chi connectivity index (χ1) is 14.2. The molecule has 9 nitrogen and oxygen atoms in total. The molecule has 1 fully saturated rings. The largest absolute Gasteiger partial charge is 0.379 e. The number of hydrogen-bond donors (Lipinski definition) is 2. The van der Waals surface area contributed by atoms with Crippen LogP contribution >= 0.6 is 0 Å². The molecule has 2 aromatic rings. The number of hydrogen-bond acceptors (Lipinski definition) is 6. The van der Waals surface area contributed by atoms with Gasteiger partial charge in [-0.25, -0.2) is 9.78 Å². The second-order valence-electron chi connectivity index (χ2n) is 8.44. The van der Waals surface area contributed by atoms with Crippen LogP contribution in [0, 0.1) is 5.92 Å². The number of amides is 1. The highest BCUT2D eigenvalue weighted by Crippen LogP contribution is 2.20. The van der Waals surface area contributed by atoms with Gasteiger partial charge in [-0.1, -0.05) is 27.7 Å². The minimum absolute atomic E-state index is 0.0344. The summed E-state index contributed by atoms with van der Waals surface area (Å²) in [6.07, 6.45) is 0. The number of aromatic nitrogens is 3. The van der Waals surface area contributed by atoms with Gasteiger partial charge >= 0.3 is 5.69 Å². The summed E-state index contributed by atoms with van der Waals surface area (Å²) in [5.74, 6) is 0.0347. The van der Waals surface area contributed by atoms with E-state index in [0.29, 0.717) is 31.4 Å². The van der Waals surface area contributed by atoms with Gasteiger partial charge in [0, 0.05) is 38.4 Å². The molecule has 3 heterocycles. The number of nitrogens with one attached hydrogen (secondary N) is 2. The molecule has 0 unspecified atom stereocenters. The van der Waals surface area contributed by atoms with Crippen molar-refractivity contribution >= 4 is 16.9 Å². The summed E-state index contributed by atoms with van der Waals surface area (Å²) in [6, 6.07) is 1.82. The third kappa shape index (κ3) is 4.46. The Kier molecular flexibility index (Phi) is 6.72. The summed E-state index contributed by atoms with van der Waals surface area (Å²) >= 11 is 0. The van der Waals surface area contributed by atoms with Crippen molar-refractivity contribution in [2.75, 3.05) is 32.8 Å². The molecule has 2 aromatic heterocycles. The van der Waals surface area contributed by atoms with Gasteiger partial charge < -0.3 is 10.1 Å². The van der Waals surface area contributed by atoms with E-state index in [2.05, 4.69) is 34.0 Å². The van der Waals surface area contributed by atoms with Crippen LogP contribution in [0.15, 0.2) is 15.7 Å². The minimum atomic E-state index is -0.602. The van der Waals surface area contributed by atoms with Crippen LogP contribution in [0.5, 0.6) is 0 Å². The van der Waals surface area contributed by atoms with E-state index in [1.807, 2.05) is 13.8 Å². The van der Waals surface area contributed by atoms with Crippen molar-refractivity contribution in [3.05, 3.63) is 38.2 Å². The second kappa shape index (κ2) is 9.09. The van der Waals surface area contributed by atoms with Crippen LogP contribution in [0.1, 0.15) is 49.7 Å². The number of rotatable bonds is 6. The Morgan fingerprint density at radius 2 is 1.90 bits per heavy atom. The number of morpholine rings is 1. The van der Waals surface area contributed by atoms with Crippen LogP contribution in [-0.4, -0.2) is 64.2 Å². The highest BCUT2D eigenvalue weighted by Gasteiger charge is 2.25. The molecule has 1 aliphatic heterocycles. The summed E-state index contributed by atoms with van der Waals surface area (Å²) < 4.78 is 6.71. The molecule has 0 saturated carbocycles. The van der Waals surface area contributed by atoms with Crippen LogP contribution in [0.4, 0.5) is 0 Å². The molecule has 1 saturated heterocycles. The maximum atomic E-state index is 13.2. The highest BCUT2D eigenvalue weighted by molar-refractivity contribution is 6.05. The molecule has 1 amide bonds. The number of carbonyl (C=O) groups excluding carboxylic acids is 1. The van der Waals surface area contributed by atoms with Crippen molar-refractivity contribution in [3.8, 4) is 0 Å². The van der Waals surface area contributed by atoms with E-state index in [4.69, 9.17) is 4.74 Å². The summed E-state index contributed by atoms with van der Waals surface area (Å²) in [5, 5.41) is 3.14. The number of fused-ring (bicyclic) bond motifs is 1. The topological polar surface area (TPSA) is 109 Å². The van der Waals surface area contributed by atoms with Crippen molar-refractivity contribution in [2.24, 2.45) is 13.0 Å². The fraction of sp³-hybridized carbons (Fsp3) is 0.619. The van der Waals surface area contributed by atoms with Crippen molar-refractivity contribution in [1.82, 2.24) is 24.8 Å². The summed E-state index contributed by atoms with van der Waals surface area (Å²) in [4.78, 5) is 46.8. The van der Waals surface area contributed by atoms with E-state index >= 15 is 0 Å². The van der Waals surface area contributed by atoms with Gasteiger partial charge in [-0.15, -0.1) is 0 Å². The van der Waals surface area contributed by atoms with Crippen LogP contribution in [0.3, 0.4) is 0 Å². The SMILES string of the molecule is CC(C)c1cc(C(=O)NC[C@@H](C(C)C)N2CCOCC2)c2c(=O)[nH]c(=O)n(C)c2n1. The van der Waals surface area contributed by atoms with Gasteiger partial charge in [0.1, 0.15) is 5.65 Å². The lowest BCUT2D eigenvalue weighted by atomic mass is 10.0. The van der Waals surface area contributed by atoms with Crippen LogP contribution < -0.4 is 16.6 Å². The molecule has 0 aliphatic carbocycles. The minimum Gasteiger partial charge on any atom is -0.379 e. The van der Waals surface area contributed by atoms with Crippen molar-refractivity contribution in [1.29, 1.82) is 0 Å². The number of ether oxygens (including phenoxy) is 1. The third-order valence-electron chi connectivity index (χ3n) is 5.68. The van der Waals surface area contributed by atoms with Gasteiger partial charge in [0.05, 0.1) is 24.2 Å². The number of pyridine rings is 1. The number of carbonyl (C=O) groups is 1. The van der Waals surface area contributed by atoms with Gasteiger partial charge in [-0.05, 0) is 17.9 Å². The molecule has 0 spiro atoms. The zero-order valence-corrected chi connectivity index (χ0v) is 18.3. The van der Waals surface area contributed by atoms with E-state index in [1.54, 1.807) is 6.07 Å². The Morgan fingerprint density at radius 1 is 1.23 bits per heavy atom. The van der Waals surface area contributed by atoms with E-state index in [1.165, 1.54) is 11.6 Å². The Labute approximate surface area is 175 Å². The predicted molar refractivity (Wildman–Crippen MR) is 115 cm³/mol. The summed E-state index contributed by atoms with van der Waals surface area (Å²) in [7, 11) is 1.53. The molecule has 0 bridgehead atoms. The smallest absolute Gasteiger partial charge is 0.329 e. The van der Waals surface area contributed by atoms with Gasteiger partial charge in [-0.2, -0.15) is 0 Å². The number of nitrogens with zero attached hydrogens (tertiary/aromatic N) is 3. The summed E-state index contributed by atoms with van der Waals surface area (Å²) in [5.41, 5.74) is -0.0466. The van der Waals surface area contributed by atoms with Crippen LogP contribution in [-0.2, 0) is 11.8 Å². The van der Waals surface area contributed by atoms with E-state index < -0.39 is 11.2 Å². The van der Waals surface area contributed by atoms with Gasteiger partial charge in [0.25, 0.3) is 11.5 Å². The standard InChI is InChI=1S/C21H31N5O4/c1-12(2)15-10-14(17-18(23-15)25(5)21(29)24-20(17)28)19(27)22-11-16(13(3)4)26-6-8-30-9-7-26/h10,12-13,16H,6-9,11H2,1-5H3,(H,22,27)(H,24,28,29)/t16-/m0/s1. The summed E-state index contributed by atoms with van der Waals surface area (Å²) in [6.45, 7) is 11.7. The highest BCUT2D eigenvalue weighted by atomic mass is 16.5. The Bertz CT molecular complexity index is 1030. The molecule has 0 aromatic carbocycles. The van der Waals surface area contributed by atoms with Crippen LogP contribution in [0.25, 0.3) is 11.0 Å². The first kappa shape index (κ1) is 22.2. The van der Waals surface area contributed by atoms with Crippen molar-refractivity contribution in [3.63, 3.8) is 0 Å². The predicted octanol–water partition coefficient (Wildman–Crippen LogP) is 0.832. The Hall–Kier alpha value is -2.52. The van der Waals surface area contributed by atoms with E-state index in [-0.39, 0.29) is 34.5 Å². The normalized spacial score (nSPS) is 16.4. The van der Waals surface area contributed by atoms with Crippen molar-refractivity contribution < 1.29 is 9.53 Å². The molecule has 164 valence electrons. The zero-order chi connectivity index (χ0) is 22.0. The molecular weight excluding hydrogens is 386 g/mol. The second-order valence-corrected chi connectivity index (χ2v) is 8.44. The van der Waals surface area contributed by atoms with Crippen LogP contribution in [0.2, 0.25) is 0 Å². The Balaban J connectivity index is 1.96. The molecule has 1 aliphatic rings. The lowest BCUT2D eigenvalue weighted by Crippen LogP contribution is -2.51. The molecule has 0 radical (unpaired) electrons. The zero-order valence-electron chi connectivity index (χ0n) is 18.3. The fourth-order valence-corrected chi connectivity index (χ4v) is 3.82. The molecule has 2 N–H and O–H groups in total. The molecule has 9 heteroatoms. The lowest BCUT2D eigenvalue weighted by Gasteiger charge is -2.36. The number of aryl methyl sites for hydroxylation is 1. The molecule has 1 atom stereocenters.